The number of aliphatic imine (C=N–C) groups is 1. The van der Waals surface area contributed by atoms with Gasteiger partial charge in [-0.2, -0.15) is 4.99 Å². The normalized spacial score (nSPS) is 11.2. The van der Waals surface area contributed by atoms with E-state index in [0.29, 0.717) is 10.7 Å². The molecule has 0 saturated heterocycles. The van der Waals surface area contributed by atoms with Crippen molar-refractivity contribution in [1.82, 2.24) is 4.90 Å². The molecule has 0 bridgehead atoms. The third kappa shape index (κ3) is 3.64. The second-order valence-electron chi connectivity index (χ2n) is 3.73. The fourth-order valence-corrected chi connectivity index (χ4v) is 1.40. The molecule has 17 heavy (non-hydrogen) atoms. The van der Waals surface area contributed by atoms with Crippen molar-refractivity contribution in [3.63, 3.8) is 0 Å². The van der Waals surface area contributed by atoms with Crippen molar-refractivity contribution in [3.8, 4) is 0 Å². The van der Waals surface area contributed by atoms with Crippen molar-refractivity contribution >= 4 is 29.3 Å². The number of hydrogen-bond donors (Lipinski definition) is 2. The zero-order valence-corrected chi connectivity index (χ0v) is 10.7. The van der Waals surface area contributed by atoms with Crippen LogP contribution in [-0.4, -0.2) is 31.0 Å². The maximum atomic E-state index is 11.6. The highest BCUT2D eigenvalue weighted by Gasteiger charge is 2.08. The molecule has 0 aliphatic rings. The first-order valence-electron chi connectivity index (χ1n) is 4.99. The number of anilines is 1. The second-order valence-corrected chi connectivity index (χ2v) is 4.13. The standard InChI is InChI=1S/C11H15ClN4O/c1-7-5-4-6-8(12)9(7)14-11(17)15-10(13)16(2)3/h4-6H,1-3H3,(H3,13,14,15,17). The smallest absolute Gasteiger partial charge is 0.348 e. The molecule has 5 nitrogen and oxygen atoms in total. The van der Waals surface area contributed by atoms with Crippen molar-refractivity contribution in [2.45, 2.75) is 6.92 Å². The van der Waals surface area contributed by atoms with Crippen LogP contribution in [0.3, 0.4) is 0 Å². The molecule has 1 rings (SSSR count). The Kier molecular flexibility index (Phi) is 4.34. The minimum atomic E-state index is -0.549. The molecular formula is C11H15ClN4O. The lowest BCUT2D eigenvalue weighted by atomic mass is 10.2. The zero-order chi connectivity index (χ0) is 13.0. The lowest BCUT2D eigenvalue weighted by Crippen LogP contribution is -2.32. The van der Waals surface area contributed by atoms with Crippen LogP contribution in [0.1, 0.15) is 5.56 Å². The SMILES string of the molecule is Cc1cccc(Cl)c1NC(=O)/N=C(/N)N(C)C. The Morgan fingerprint density at radius 1 is 1.47 bits per heavy atom. The number of carbonyl (C=O) groups is 1. The number of nitrogens with two attached hydrogens (primary N) is 1. The summed E-state index contributed by atoms with van der Waals surface area (Å²) in [5.41, 5.74) is 6.94. The number of carbonyl (C=O) groups excluding carboxylic acids is 1. The predicted octanol–water partition coefficient (Wildman–Crippen LogP) is 2.06. The number of guanidine groups is 1. The van der Waals surface area contributed by atoms with Gasteiger partial charge in [-0.15, -0.1) is 0 Å². The summed E-state index contributed by atoms with van der Waals surface area (Å²) < 4.78 is 0. The van der Waals surface area contributed by atoms with E-state index in [2.05, 4.69) is 10.3 Å². The van der Waals surface area contributed by atoms with Gasteiger partial charge in [0.2, 0.25) is 0 Å². The monoisotopic (exact) mass is 254 g/mol. The topological polar surface area (TPSA) is 70.7 Å². The van der Waals surface area contributed by atoms with E-state index < -0.39 is 6.03 Å². The van der Waals surface area contributed by atoms with Gasteiger partial charge in [-0.1, -0.05) is 23.7 Å². The number of amides is 2. The summed E-state index contributed by atoms with van der Waals surface area (Å²) in [7, 11) is 3.40. The van der Waals surface area contributed by atoms with E-state index in [1.165, 1.54) is 0 Å². The summed E-state index contributed by atoms with van der Waals surface area (Å²) in [5.74, 6) is 0.132. The third-order valence-electron chi connectivity index (χ3n) is 2.13. The molecule has 2 amide bonds. The van der Waals surface area contributed by atoms with E-state index in [4.69, 9.17) is 17.3 Å². The lowest BCUT2D eigenvalue weighted by molar-refractivity contribution is 0.259. The number of hydrogen-bond acceptors (Lipinski definition) is 1. The van der Waals surface area contributed by atoms with Crippen molar-refractivity contribution < 1.29 is 4.79 Å². The molecule has 92 valence electrons. The van der Waals surface area contributed by atoms with Crippen LogP contribution in [0.15, 0.2) is 23.2 Å². The second kappa shape index (κ2) is 5.54. The number of benzene rings is 1. The molecule has 0 radical (unpaired) electrons. The molecule has 1 aromatic carbocycles. The van der Waals surface area contributed by atoms with Crippen molar-refractivity contribution in [3.05, 3.63) is 28.8 Å². The number of urea groups is 1. The molecule has 0 aliphatic heterocycles. The van der Waals surface area contributed by atoms with E-state index in [-0.39, 0.29) is 5.96 Å². The van der Waals surface area contributed by atoms with Gasteiger partial charge in [0.25, 0.3) is 0 Å². The average Bonchev–Trinajstić information content (AvgIpc) is 2.23. The summed E-state index contributed by atoms with van der Waals surface area (Å²) >= 11 is 5.97. The molecule has 0 aromatic heterocycles. The van der Waals surface area contributed by atoms with Crippen LogP contribution < -0.4 is 11.1 Å². The maximum Gasteiger partial charge on any atom is 0.348 e. The van der Waals surface area contributed by atoms with Gasteiger partial charge in [-0.3, -0.25) is 0 Å². The quantitative estimate of drug-likeness (QED) is 0.595. The first kappa shape index (κ1) is 13.3. The maximum absolute atomic E-state index is 11.6. The predicted molar refractivity (Wildman–Crippen MR) is 70.5 cm³/mol. The van der Waals surface area contributed by atoms with Gasteiger partial charge in [0.15, 0.2) is 5.96 Å². The Labute approximate surface area is 105 Å². The summed E-state index contributed by atoms with van der Waals surface area (Å²) in [5, 5.41) is 3.07. The van der Waals surface area contributed by atoms with Crippen LogP contribution in [0.2, 0.25) is 5.02 Å². The van der Waals surface area contributed by atoms with Gasteiger partial charge in [0.1, 0.15) is 0 Å². The highest BCUT2D eigenvalue weighted by atomic mass is 35.5. The van der Waals surface area contributed by atoms with E-state index >= 15 is 0 Å². The molecule has 0 heterocycles. The first-order valence-corrected chi connectivity index (χ1v) is 5.37. The average molecular weight is 255 g/mol. The molecule has 0 atom stereocenters. The zero-order valence-electron chi connectivity index (χ0n) is 9.99. The molecule has 3 N–H and O–H groups in total. The summed E-state index contributed by atoms with van der Waals surface area (Å²) in [6.07, 6.45) is 0. The van der Waals surface area contributed by atoms with Gasteiger partial charge >= 0.3 is 6.03 Å². The van der Waals surface area contributed by atoms with Gasteiger partial charge < -0.3 is 16.0 Å². The van der Waals surface area contributed by atoms with Gasteiger partial charge in [-0.05, 0) is 18.6 Å². The minimum absolute atomic E-state index is 0.132. The van der Waals surface area contributed by atoms with E-state index in [1.54, 1.807) is 25.1 Å². The number of rotatable bonds is 1. The van der Waals surface area contributed by atoms with Crippen LogP contribution in [0, 0.1) is 6.92 Å². The molecule has 6 heteroatoms. The highest BCUT2D eigenvalue weighted by molar-refractivity contribution is 6.34. The first-order chi connectivity index (χ1) is 7.91. The van der Waals surface area contributed by atoms with E-state index in [0.717, 1.165) is 5.56 Å². The number of aryl methyl sites for hydroxylation is 1. The largest absolute Gasteiger partial charge is 0.369 e. The van der Waals surface area contributed by atoms with Crippen molar-refractivity contribution in [1.29, 1.82) is 0 Å². The molecule has 0 fully saturated rings. The number of nitrogens with zero attached hydrogens (tertiary/aromatic N) is 2. The Bertz CT molecular complexity index is 437. The van der Waals surface area contributed by atoms with E-state index in [9.17, 15) is 4.79 Å². The Morgan fingerprint density at radius 3 is 2.65 bits per heavy atom. The number of halogens is 1. The Morgan fingerprint density at radius 2 is 2.12 bits per heavy atom. The third-order valence-corrected chi connectivity index (χ3v) is 2.44. The van der Waals surface area contributed by atoms with Gasteiger partial charge in [0.05, 0.1) is 10.7 Å². The molecule has 0 unspecified atom stereocenters. The number of para-hydroxylation sites is 1. The lowest BCUT2D eigenvalue weighted by Gasteiger charge is -2.11. The molecule has 1 aromatic rings. The van der Waals surface area contributed by atoms with Crippen LogP contribution in [-0.2, 0) is 0 Å². The van der Waals surface area contributed by atoms with Crippen LogP contribution in [0.5, 0.6) is 0 Å². The molecule has 0 aliphatic carbocycles. The highest BCUT2D eigenvalue weighted by Crippen LogP contribution is 2.25. The van der Waals surface area contributed by atoms with Crippen molar-refractivity contribution in [2.24, 2.45) is 10.7 Å². The fourth-order valence-electron chi connectivity index (χ4n) is 1.13. The van der Waals surface area contributed by atoms with E-state index in [1.807, 2.05) is 19.1 Å². The van der Waals surface area contributed by atoms with Crippen molar-refractivity contribution in [2.75, 3.05) is 19.4 Å². The van der Waals surface area contributed by atoms with Gasteiger partial charge in [-0.25, -0.2) is 4.79 Å². The summed E-state index contributed by atoms with van der Waals surface area (Å²) in [6.45, 7) is 1.85. The Balaban J connectivity index is 2.86. The van der Waals surface area contributed by atoms with Crippen LogP contribution >= 0.6 is 11.6 Å². The summed E-state index contributed by atoms with van der Waals surface area (Å²) in [6, 6.07) is 4.81. The summed E-state index contributed by atoms with van der Waals surface area (Å²) in [4.78, 5) is 16.8. The van der Waals surface area contributed by atoms with Crippen LogP contribution in [0.4, 0.5) is 10.5 Å². The minimum Gasteiger partial charge on any atom is -0.369 e. The van der Waals surface area contributed by atoms with Crippen LogP contribution in [0.25, 0.3) is 0 Å². The molecular weight excluding hydrogens is 240 g/mol. The molecule has 0 spiro atoms. The van der Waals surface area contributed by atoms with Gasteiger partial charge in [0, 0.05) is 14.1 Å². The molecule has 0 saturated carbocycles. The number of nitrogens with one attached hydrogen (secondary N) is 1. The fraction of sp³-hybridized carbons (Fsp3) is 0.273. The Hall–Kier alpha value is -1.75.